The van der Waals surface area contributed by atoms with E-state index >= 15 is 0 Å². The molecule has 1 aliphatic rings. The van der Waals surface area contributed by atoms with Crippen LogP contribution in [0.4, 0.5) is 10.1 Å². The molecule has 1 fully saturated rings. The van der Waals surface area contributed by atoms with Gasteiger partial charge in [0, 0.05) is 10.7 Å². The van der Waals surface area contributed by atoms with Crippen molar-refractivity contribution in [1.82, 2.24) is 0 Å². The van der Waals surface area contributed by atoms with Crippen LogP contribution in [0, 0.1) is 5.82 Å². The molecule has 0 saturated heterocycles. The van der Waals surface area contributed by atoms with E-state index in [1.807, 2.05) is 24.3 Å². The van der Waals surface area contributed by atoms with E-state index in [0.717, 1.165) is 24.8 Å². The highest BCUT2D eigenvalue weighted by Gasteiger charge is 2.45. The molecule has 1 N–H and O–H groups in total. The van der Waals surface area contributed by atoms with Crippen molar-refractivity contribution in [2.45, 2.75) is 24.7 Å². The summed E-state index contributed by atoms with van der Waals surface area (Å²) in [5, 5.41) is 3.55. The van der Waals surface area contributed by atoms with Crippen molar-refractivity contribution in [2.24, 2.45) is 0 Å². The second-order valence-electron chi connectivity index (χ2n) is 5.40. The Bertz CT molecular complexity index is 647. The molecule has 108 valence electrons. The number of benzene rings is 2. The average Bonchev–Trinajstić information content (AvgIpc) is 2.42. The van der Waals surface area contributed by atoms with Gasteiger partial charge in [0.15, 0.2) is 0 Å². The van der Waals surface area contributed by atoms with E-state index in [1.54, 1.807) is 12.1 Å². The Morgan fingerprint density at radius 1 is 1.05 bits per heavy atom. The smallest absolute Gasteiger partial charge is 0.235 e. The van der Waals surface area contributed by atoms with Crippen LogP contribution in [0.25, 0.3) is 0 Å². The zero-order valence-electron chi connectivity index (χ0n) is 11.4. The number of hydrogen-bond acceptors (Lipinski definition) is 1. The molecule has 21 heavy (non-hydrogen) atoms. The van der Waals surface area contributed by atoms with Crippen LogP contribution in [-0.4, -0.2) is 5.91 Å². The molecular weight excluding hydrogens is 289 g/mol. The Kier molecular flexibility index (Phi) is 3.68. The summed E-state index contributed by atoms with van der Waals surface area (Å²) in [7, 11) is 0. The quantitative estimate of drug-likeness (QED) is 0.886. The van der Waals surface area contributed by atoms with Crippen molar-refractivity contribution in [3.8, 4) is 0 Å². The lowest BCUT2D eigenvalue weighted by Crippen LogP contribution is -2.45. The summed E-state index contributed by atoms with van der Waals surface area (Å²) in [5.41, 5.74) is 1.11. The largest absolute Gasteiger partial charge is 0.325 e. The van der Waals surface area contributed by atoms with Gasteiger partial charge in [-0.15, -0.1) is 0 Å². The van der Waals surface area contributed by atoms with Crippen LogP contribution >= 0.6 is 11.6 Å². The lowest BCUT2D eigenvalue weighted by Gasteiger charge is -2.40. The predicted molar refractivity (Wildman–Crippen MR) is 82.0 cm³/mol. The van der Waals surface area contributed by atoms with E-state index in [1.165, 1.54) is 12.1 Å². The van der Waals surface area contributed by atoms with Crippen molar-refractivity contribution in [3.05, 3.63) is 64.9 Å². The molecule has 0 bridgehead atoms. The van der Waals surface area contributed by atoms with Crippen molar-refractivity contribution < 1.29 is 9.18 Å². The maximum atomic E-state index is 12.9. The predicted octanol–water partition coefficient (Wildman–Crippen LogP) is 4.54. The summed E-state index contributed by atoms with van der Waals surface area (Å²) in [6.07, 6.45) is 2.67. The van der Waals surface area contributed by atoms with Crippen molar-refractivity contribution >= 4 is 23.2 Å². The van der Waals surface area contributed by atoms with E-state index in [-0.39, 0.29) is 11.7 Å². The summed E-state index contributed by atoms with van der Waals surface area (Å²) in [6.45, 7) is 0. The van der Waals surface area contributed by atoms with Crippen molar-refractivity contribution in [3.63, 3.8) is 0 Å². The van der Waals surface area contributed by atoms with Gasteiger partial charge >= 0.3 is 0 Å². The van der Waals surface area contributed by atoms with Crippen LogP contribution < -0.4 is 5.32 Å². The third kappa shape index (κ3) is 2.66. The molecule has 2 aromatic rings. The number of carbonyl (C=O) groups is 1. The van der Waals surface area contributed by atoms with E-state index in [4.69, 9.17) is 11.6 Å². The number of nitrogens with one attached hydrogen (secondary N) is 1. The van der Waals surface area contributed by atoms with E-state index in [9.17, 15) is 9.18 Å². The van der Waals surface area contributed by atoms with Gasteiger partial charge in [-0.05, 0) is 54.8 Å². The first-order chi connectivity index (χ1) is 10.1. The second-order valence-corrected chi connectivity index (χ2v) is 5.84. The Labute approximate surface area is 127 Å². The van der Waals surface area contributed by atoms with Gasteiger partial charge in [-0.3, -0.25) is 4.79 Å². The highest BCUT2D eigenvalue weighted by Crippen LogP contribution is 2.44. The van der Waals surface area contributed by atoms with Gasteiger partial charge in [-0.1, -0.05) is 30.2 Å². The zero-order chi connectivity index (χ0) is 14.9. The minimum atomic E-state index is -0.487. The van der Waals surface area contributed by atoms with Crippen molar-refractivity contribution in [1.29, 1.82) is 0 Å². The Morgan fingerprint density at radius 2 is 1.67 bits per heavy atom. The van der Waals surface area contributed by atoms with Crippen LogP contribution in [0.5, 0.6) is 0 Å². The third-order valence-electron chi connectivity index (χ3n) is 4.14. The molecule has 0 aliphatic heterocycles. The Balaban J connectivity index is 1.83. The maximum Gasteiger partial charge on any atom is 0.235 e. The molecule has 0 radical (unpaired) electrons. The standard InChI is InChI=1S/C17H15ClFNO/c18-13-4-2-12(3-5-13)17(10-1-11-17)16(21)20-15-8-6-14(19)7-9-15/h2-9H,1,10-11H2,(H,20,21). The highest BCUT2D eigenvalue weighted by atomic mass is 35.5. The number of hydrogen-bond donors (Lipinski definition) is 1. The minimum Gasteiger partial charge on any atom is -0.325 e. The minimum absolute atomic E-state index is 0.0392. The third-order valence-corrected chi connectivity index (χ3v) is 4.39. The first kappa shape index (κ1) is 14.1. The number of anilines is 1. The summed E-state index contributed by atoms with van der Waals surface area (Å²) < 4.78 is 12.9. The molecule has 0 spiro atoms. The molecule has 0 unspecified atom stereocenters. The molecular formula is C17H15ClFNO. The fourth-order valence-corrected chi connectivity index (χ4v) is 2.86. The lowest BCUT2D eigenvalue weighted by atomic mass is 9.64. The van der Waals surface area contributed by atoms with Gasteiger partial charge in [0.25, 0.3) is 0 Å². The molecule has 3 rings (SSSR count). The molecule has 0 atom stereocenters. The van der Waals surface area contributed by atoms with Gasteiger partial charge in [0.2, 0.25) is 5.91 Å². The van der Waals surface area contributed by atoms with E-state index < -0.39 is 5.41 Å². The van der Waals surface area contributed by atoms with Crippen LogP contribution in [0.2, 0.25) is 5.02 Å². The maximum absolute atomic E-state index is 12.9. The number of rotatable bonds is 3. The van der Waals surface area contributed by atoms with Crippen LogP contribution in [0.15, 0.2) is 48.5 Å². The normalized spacial score (nSPS) is 16.1. The molecule has 1 aliphatic carbocycles. The summed E-state index contributed by atoms with van der Waals surface area (Å²) in [5.74, 6) is -0.355. The van der Waals surface area contributed by atoms with E-state index in [0.29, 0.717) is 10.7 Å². The second kappa shape index (κ2) is 5.49. The highest BCUT2D eigenvalue weighted by molar-refractivity contribution is 6.30. The topological polar surface area (TPSA) is 29.1 Å². The molecule has 0 heterocycles. The number of amides is 1. The fourth-order valence-electron chi connectivity index (χ4n) is 2.73. The lowest BCUT2D eigenvalue weighted by molar-refractivity contribution is -0.124. The van der Waals surface area contributed by atoms with Gasteiger partial charge in [0.1, 0.15) is 5.82 Å². The average molecular weight is 304 g/mol. The van der Waals surface area contributed by atoms with Crippen LogP contribution in [-0.2, 0) is 10.2 Å². The molecule has 2 nitrogen and oxygen atoms in total. The SMILES string of the molecule is O=C(Nc1ccc(F)cc1)C1(c2ccc(Cl)cc2)CCC1. The fraction of sp³-hybridized carbons (Fsp3) is 0.235. The summed E-state index contributed by atoms with van der Waals surface area (Å²) in [4.78, 5) is 12.6. The molecule has 2 aromatic carbocycles. The number of carbonyl (C=O) groups excluding carboxylic acids is 1. The van der Waals surface area contributed by atoms with Gasteiger partial charge in [-0.2, -0.15) is 0 Å². The van der Waals surface area contributed by atoms with E-state index in [2.05, 4.69) is 5.32 Å². The molecule has 1 amide bonds. The summed E-state index contributed by atoms with van der Waals surface area (Å²) in [6, 6.07) is 13.3. The monoisotopic (exact) mass is 303 g/mol. The van der Waals surface area contributed by atoms with Crippen molar-refractivity contribution in [2.75, 3.05) is 5.32 Å². The molecule has 4 heteroatoms. The Hall–Kier alpha value is -1.87. The molecule has 1 saturated carbocycles. The zero-order valence-corrected chi connectivity index (χ0v) is 12.2. The van der Waals surface area contributed by atoms with Gasteiger partial charge < -0.3 is 5.32 Å². The van der Waals surface area contributed by atoms with Crippen LogP contribution in [0.1, 0.15) is 24.8 Å². The summed E-state index contributed by atoms with van der Waals surface area (Å²) >= 11 is 5.91. The van der Waals surface area contributed by atoms with Crippen LogP contribution in [0.3, 0.4) is 0 Å². The van der Waals surface area contributed by atoms with Gasteiger partial charge in [0.05, 0.1) is 5.41 Å². The van der Waals surface area contributed by atoms with Gasteiger partial charge in [-0.25, -0.2) is 4.39 Å². The first-order valence-corrected chi connectivity index (χ1v) is 7.31. The molecule has 0 aromatic heterocycles. The Morgan fingerprint density at radius 3 is 2.19 bits per heavy atom. The number of halogens is 2. The first-order valence-electron chi connectivity index (χ1n) is 6.93.